The zero-order valence-corrected chi connectivity index (χ0v) is 26.4. The second-order valence-corrected chi connectivity index (χ2v) is 13.9. The number of nitrogens with one attached hydrogen (secondary N) is 2. The summed E-state index contributed by atoms with van der Waals surface area (Å²) >= 11 is 0. The molecule has 0 aromatic heterocycles. The van der Waals surface area contributed by atoms with E-state index < -0.39 is 13.2 Å². The molecule has 9 nitrogen and oxygen atoms in total. The molecule has 1 aromatic rings. The van der Waals surface area contributed by atoms with E-state index in [-0.39, 0.29) is 40.8 Å². The fourth-order valence-corrected chi connectivity index (χ4v) is 7.32. The molecule has 0 spiro atoms. The van der Waals surface area contributed by atoms with Gasteiger partial charge in [-0.05, 0) is 92.7 Å². The van der Waals surface area contributed by atoms with Gasteiger partial charge in [-0.25, -0.2) is 0 Å². The number of nitrogens with two attached hydrogens (primary N) is 2. The van der Waals surface area contributed by atoms with Gasteiger partial charge in [-0.15, -0.1) is 0 Å². The number of amides is 2. The number of rotatable bonds is 14. The van der Waals surface area contributed by atoms with E-state index in [1.54, 1.807) is 0 Å². The summed E-state index contributed by atoms with van der Waals surface area (Å²) in [6.07, 6.45) is 7.01. The fraction of sp³-hybridized carbons (Fsp3) is 0.719. The molecule has 42 heavy (non-hydrogen) atoms. The summed E-state index contributed by atoms with van der Waals surface area (Å²) in [5.74, 6) is 0.520. The molecule has 4 fully saturated rings. The van der Waals surface area contributed by atoms with E-state index in [9.17, 15) is 9.59 Å². The van der Waals surface area contributed by atoms with Gasteiger partial charge < -0.3 is 31.4 Å². The number of carbonyl (C=O) groups is 2. The Balaban J connectivity index is 1.46. The molecule has 3 saturated carbocycles. The van der Waals surface area contributed by atoms with Gasteiger partial charge in [0.1, 0.15) is 6.04 Å². The van der Waals surface area contributed by atoms with Crippen LogP contribution in [0, 0.1) is 23.2 Å². The van der Waals surface area contributed by atoms with Crippen LogP contribution in [0.5, 0.6) is 0 Å². The lowest BCUT2D eigenvalue weighted by molar-refractivity contribution is -0.199. The Hall–Kier alpha value is -2.59. The molecule has 1 saturated heterocycles. The summed E-state index contributed by atoms with van der Waals surface area (Å²) in [6, 6.07) is 6.86. The van der Waals surface area contributed by atoms with Crippen LogP contribution in [-0.2, 0) is 20.5 Å². The summed E-state index contributed by atoms with van der Waals surface area (Å²) in [7, 11) is -0.532. The van der Waals surface area contributed by atoms with Gasteiger partial charge in [0.2, 0.25) is 5.91 Å². The Morgan fingerprint density at radius 1 is 1.10 bits per heavy atom. The molecule has 2 amide bonds. The molecule has 232 valence electrons. The van der Waals surface area contributed by atoms with E-state index in [0.717, 1.165) is 25.7 Å². The Kier molecular flexibility index (Phi) is 10.3. The molecule has 0 radical (unpaired) electrons. The lowest BCUT2D eigenvalue weighted by Crippen LogP contribution is -2.65. The van der Waals surface area contributed by atoms with E-state index in [4.69, 9.17) is 20.8 Å². The summed E-state index contributed by atoms with van der Waals surface area (Å²) in [6.45, 7) is 13.7. The number of aliphatic imine (C=N–C) groups is 1. The number of nitrogens with zero attached hydrogens (tertiary/aromatic N) is 1. The number of carbonyl (C=O) groups excluding carboxylic acids is 2. The van der Waals surface area contributed by atoms with E-state index >= 15 is 0 Å². The zero-order valence-electron chi connectivity index (χ0n) is 26.4. The summed E-state index contributed by atoms with van der Waals surface area (Å²) < 4.78 is 13.3. The lowest BCUT2D eigenvalue weighted by Gasteiger charge is -2.64. The van der Waals surface area contributed by atoms with Gasteiger partial charge in [0.25, 0.3) is 5.91 Å². The predicted molar refractivity (Wildman–Crippen MR) is 168 cm³/mol. The topological polar surface area (TPSA) is 141 Å². The average molecular weight is 582 g/mol. The molecule has 2 bridgehead atoms. The minimum atomic E-state index is -0.757. The van der Waals surface area contributed by atoms with Crippen molar-refractivity contribution in [3.63, 3.8) is 0 Å². The Bertz CT molecular complexity index is 1120. The average Bonchev–Trinajstić information content (AvgIpc) is 3.30. The molecule has 6 atom stereocenters. The molecular formula is C32H52BN5O4. The van der Waals surface area contributed by atoms with Gasteiger partial charge in [0.15, 0.2) is 5.96 Å². The van der Waals surface area contributed by atoms with Gasteiger partial charge in [-0.1, -0.05) is 53.2 Å². The molecule has 6 N–H and O–H groups in total. The Labute approximate surface area is 252 Å². The van der Waals surface area contributed by atoms with Crippen molar-refractivity contribution in [2.24, 2.45) is 39.6 Å². The second-order valence-electron chi connectivity index (χ2n) is 13.9. The Morgan fingerprint density at radius 2 is 1.81 bits per heavy atom. The van der Waals surface area contributed by atoms with Gasteiger partial charge in [0.05, 0.1) is 17.6 Å². The summed E-state index contributed by atoms with van der Waals surface area (Å²) in [5, 5.41) is 6.19. The van der Waals surface area contributed by atoms with Crippen LogP contribution in [0.2, 0.25) is 0 Å². The number of aryl methyl sites for hydroxylation is 1. The second kappa shape index (κ2) is 13.4. The van der Waals surface area contributed by atoms with Gasteiger partial charge >= 0.3 is 7.12 Å². The first-order valence-corrected chi connectivity index (χ1v) is 15.9. The highest BCUT2D eigenvalue weighted by molar-refractivity contribution is 6.48. The van der Waals surface area contributed by atoms with E-state index in [1.807, 2.05) is 24.3 Å². The predicted octanol–water partition coefficient (Wildman–Crippen LogP) is 3.98. The molecule has 3 aliphatic carbocycles. The monoisotopic (exact) mass is 581 g/mol. The van der Waals surface area contributed by atoms with Crippen LogP contribution < -0.4 is 22.1 Å². The first-order valence-electron chi connectivity index (χ1n) is 15.9. The number of guanidine groups is 1. The van der Waals surface area contributed by atoms with Crippen molar-refractivity contribution in [2.45, 2.75) is 117 Å². The SMILES string of the molecule is CCCCc1ccc(C(=O)N[C@@H](CCCN=C(N)N)C(=O)N[C@@H](CC(C)C)B2O[C@@H]3C[C@H]4C[C@H](C4(C)C)[C@]3(C)O2)cc1. The van der Waals surface area contributed by atoms with Crippen LogP contribution in [0.15, 0.2) is 29.3 Å². The number of hydrogen-bond acceptors (Lipinski definition) is 5. The largest absolute Gasteiger partial charge is 0.481 e. The van der Waals surface area contributed by atoms with Crippen LogP contribution in [-0.4, -0.2) is 55.1 Å². The van der Waals surface area contributed by atoms with Crippen LogP contribution in [0.1, 0.15) is 102 Å². The van der Waals surface area contributed by atoms with E-state index in [0.29, 0.717) is 49.1 Å². The van der Waals surface area contributed by atoms with Crippen molar-refractivity contribution in [1.29, 1.82) is 0 Å². The fourth-order valence-electron chi connectivity index (χ4n) is 7.32. The van der Waals surface area contributed by atoms with E-state index in [1.165, 1.54) is 12.0 Å². The minimum Gasteiger partial charge on any atom is -0.404 e. The summed E-state index contributed by atoms with van der Waals surface area (Å²) in [4.78, 5) is 31.1. The molecule has 1 heterocycles. The third kappa shape index (κ3) is 7.13. The lowest BCUT2D eigenvalue weighted by atomic mass is 9.43. The van der Waals surface area contributed by atoms with Crippen molar-refractivity contribution < 1.29 is 18.9 Å². The quantitative estimate of drug-likeness (QED) is 0.113. The van der Waals surface area contributed by atoms with Gasteiger partial charge in [-0.2, -0.15) is 0 Å². The highest BCUT2D eigenvalue weighted by atomic mass is 16.7. The minimum absolute atomic E-state index is 0.00627. The molecule has 0 unspecified atom stereocenters. The molecular weight excluding hydrogens is 529 g/mol. The van der Waals surface area contributed by atoms with E-state index in [2.05, 4.69) is 57.2 Å². The van der Waals surface area contributed by atoms with Crippen molar-refractivity contribution in [2.75, 3.05) is 6.54 Å². The highest BCUT2D eigenvalue weighted by Gasteiger charge is 2.68. The third-order valence-electron chi connectivity index (χ3n) is 9.95. The molecule has 5 rings (SSSR count). The van der Waals surface area contributed by atoms with Gasteiger partial charge in [-0.3, -0.25) is 14.6 Å². The first-order chi connectivity index (χ1) is 19.8. The smallest absolute Gasteiger partial charge is 0.404 e. The van der Waals surface area contributed by atoms with Crippen molar-refractivity contribution in [1.82, 2.24) is 10.6 Å². The maximum absolute atomic E-state index is 13.8. The molecule has 4 aliphatic rings. The summed E-state index contributed by atoms with van der Waals surface area (Å²) in [5.41, 5.74) is 12.6. The van der Waals surface area contributed by atoms with Crippen molar-refractivity contribution in [3.8, 4) is 0 Å². The maximum atomic E-state index is 13.8. The third-order valence-corrected chi connectivity index (χ3v) is 9.95. The van der Waals surface area contributed by atoms with Crippen LogP contribution in [0.25, 0.3) is 0 Å². The maximum Gasteiger partial charge on any atom is 0.481 e. The van der Waals surface area contributed by atoms with Crippen molar-refractivity contribution >= 4 is 24.9 Å². The van der Waals surface area contributed by atoms with Crippen LogP contribution in [0.3, 0.4) is 0 Å². The van der Waals surface area contributed by atoms with Crippen molar-refractivity contribution in [3.05, 3.63) is 35.4 Å². The highest BCUT2D eigenvalue weighted by Crippen LogP contribution is 2.65. The molecule has 1 aromatic carbocycles. The van der Waals surface area contributed by atoms with Crippen LogP contribution in [0.4, 0.5) is 0 Å². The molecule has 10 heteroatoms. The number of hydrogen-bond donors (Lipinski definition) is 4. The first kappa shape index (κ1) is 32.3. The zero-order chi connectivity index (χ0) is 30.7. The number of unbranched alkanes of at least 4 members (excludes halogenated alkanes) is 1. The Morgan fingerprint density at radius 3 is 2.43 bits per heavy atom. The van der Waals surface area contributed by atoms with Crippen LogP contribution >= 0.6 is 0 Å². The standard InChI is InChI=1S/C32H52BN5O4/c1-7-8-10-21-12-14-22(15-13-21)28(39)37-24(11-9-16-36-30(34)35)29(40)38-27(17-20(2)3)33-41-26-19-23-18-25(31(23,4)5)32(26,6)42-33/h12-15,20,23-27H,7-11,16-19H2,1-6H3,(H,37,39)(H,38,40)(H4,34,35,36)/t23-,24+,25-,26-,27+,32+/m1/s1. The normalized spacial score (nSPS) is 27.0. The number of benzene rings is 1. The van der Waals surface area contributed by atoms with Gasteiger partial charge in [0, 0.05) is 12.1 Å². The molecule has 1 aliphatic heterocycles.